The molecule has 0 spiro atoms. The van der Waals surface area contributed by atoms with Crippen LogP contribution in [0.15, 0.2) is 0 Å². The van der Waals surface area contributed by atoms with Crippen LogP contribution in [-0.4, -0.2) is 42.4 Å². The van der Waals surface area contributed by atoms with E-state index in [0.717, 1.165) is 0 Å². The summed E-state index contributed by atoms with van der Waals surface area (Å²) < 4.78 is 5.31. The minimum absolute atomic E-state index is 0.136. The molecule has 108 valence electrons. The van der Waals surface area contributed by atoms with Gasteiger partial charge in [-0.25, -0.2) is 0 Å². The molecule has 0 aliphatic carbocycles. The summed E-state index contributed by atoms with van der Waals surface area (Å²) in [6.45, 7) is 8.80. The van der Waals surface area contributed by atoms with Crippen molar-refractivity contribution in [1.82, 2.24) is 5.32 Å². The summed E-state index contributed by atoms with van der Waals surface area (Å²) >= 11 is 0. The topological polar surface area (TPSA) is 84.6 Å². The van der Waals surface area contributed by atoms with E-state index in [1.165, 1.54) is 0 Å². The first-order chi connectivity index (χ1) is 8.30. The van der Waals surface area contributed by atoms with Crippen LogP contribution in [0, 0.1) is 5.92 Å². The van der Waals surface area contributed by atoms with Crippen LogP contribution in [0.25, 0.3) is 0 Å². The SMILES string of the molecule is CCOC(CN)CC(=O)NCC(C)(O)CC(C)C. The maximum absolute atomic E-state index is 11.7. The lowest BCUT2D eigenvalue weighted by molar-refractivity contribution is -0.125. The molecule has 0 rings (SSSR count). The Morgan fingerprint density at radius 3 is 2.56 bits per heavy atom. The highest BCUT2D eigenvalue weighted by molar-refractivity contribution is 5.76. The number of nitrogens with two attached hydrogens (primary N) is 1. The zero-order valence-corrected chi connectivity index (χ0v) is 12.0. The Balaban J connectivity index is 4.01. The van der Waals surface area contributed by atoms with Crippen molar-refractivity contribution in [2.45, 2.75) is 52.2 Å². The molecule has 0 aliphatic rings. The Labute approximate surface area is 110 Å². The largest absolute Gasteiger partial charge is 0.388 e. The molecular weight excluding hydrogens is 232 g/mol. The molecule has 18 heavy (non-hydrogen) atoms. The first-order valence-corrected chi connectivity index (χ1v) is 6.61. The third-order valence-corrected chi connectivity index (χ3v) is 2.59. The first-order valence-electron chi connectivity index (χ1n) is 6.61. The fraction of sp³-hybridized carbons (Fsp3) is 0.923. The number of rotatable bonds is 9. The molecule has 0 aromatic rings. The number of hydrogen-bond donors (Lipinski definition) is 3. The molecule has 2 atom stereocenters. The molecule has 0 saturated heterocycles. The summed E-state index contributed by atoms with van der Waals surface area (Å²) in [5.74, 6) is 0.250. The Morgan fingerprint density at radius 2 is 2.11 bits per heavy atom. The molecule has 0 heterocycles. The van der Waals surface area contributed by atoms with Crippen LogP contribution >= 0.6 is 0 Å². The number of hydrogen-bond acceptors (Lipinski definition) is 4. The van der Waals surface area contributed by atoms with Crippen molar-refractivity contribution in [2.75, 3.05) is 19.7 Å². The summed E-state index contributed by atoms with van der Waals surface area (Å²) in [6.07, 6.45) is 0.645. The quantitative estimate of drug-likeness (QED) is 0.568. The molecule has 0 radical (unpaired) electrons. The molecule has 0 aromatic heterocycles. The van der Waals surface area contributed by atoms with Gasteiger partial charge >= 0.3 is 0 Å². The van der Waals surface area contributed by atoms with Gasteiger partial charge in [-0.15, -0.1) is 0 Å². The van der Waals surface area contributed by atoms with Crippen LogP contribution in [0.4, 0.5) is 0 Å². The molecule has 1 amide bonds. The number of aliphatic hydroxyl groups is 1. The van der Waals surface area contributed by atoms with E-state index in [1.54, 1.807) is 6.92 Å². The summed E-state index contributed by atoms with van der Waals surface area (Å²) in [5.41, 5.74) is 4.63. The Kier molecular flexibility index (Phi) is 8.15. The smallest absolute Gasteiger partial charge is 0.222 e. The second-order valence-corrected chi connectivity index (χ2v) is 5.39. The van der Waals surface area contributed by atoms with Gasteiger partial charge in [0.2, 0.25) is 5.91 Å². The van der Waals surface area contributed by atoms with Crippen LogP contribution in [0.1, 0.15) is 40.5 Å². The van der Waals surface area contributed by atoms with Crippen molar-refractivity contribution < 1.29 is 14.6 Å². The van der Waals surface area contributed by atoms with E-state index in [-0.39, 0.29) is 25.0 Å². The molecule has 4 N–H and O–H groups in total. The van der Waals surface area contributed by atoms with Crippen molar-refractivity contribution in [1.29, 1.82) is 0 Å². The fourth-order valence-electron chi connectivity index (χ4n) is 1.97. The Morgan fingerprint density at radius 1 is 1.50 bits per heavy atom. The van der Waals surface area contributed by atoms with Gasteiger partial charge in [-0.1, -0.05) is 13.8 Å². The number of nitrogens with one attached hydrogen (secondary N) is 1. The highest BCUT2D eigenvalue weighted by Crippen LogP contribution is 2.15. The molecule has 0 fully saturated rings. The predicted molar refractivity (Wildman–Crippen MR) is 72.2 cm³/mol. The Bertz CT molecular complexity index is 242. The third-order valence-electron chi connectivity index (χ3n) is 2.59. The van der Waals surface area contributed by atoms with Gasteiger partial charge < -0.3 is 20.9 Å². The average Bonchev–Trinajstić information content (AvgIpc) is 2.24. The molecule has 5 nitrogen and oxygen atoms in total. The van der Waals surface area contributed by atoms with Gasteiger partial charge in [0, 0.05) is 19.7 Å². The third kappa shape index (κ3) is 8.44. The fourth-order valence-corrected chi connectivity index (χ4v) is 1.97. The van der Waals surface area contributed by atoms with Crippen molar-refractivity contribution in [3.8, 4) is 0 Å². The molecule has 0 aliphatic heterocycles. The van der Waals surface area contributed by atoms with E-state index >= 15 is 0 Å². The minimum Gasteiger partial charge on any atom is -0.388 e. The molecule has 0 aromatic carbocycles. The Hall–Kier alpha value is -0.650. The van der Waals surface area contributed by atoms with Crippen molar-refractivity contribution in [3.63, 3.8) is 0 Å². The molecule has 5 heteroatoms. The van der Waals surface area contributed by atoms with E-state index in [0.29, 0.717) is 25.5 Å². The highest BCUT2D eigenvalue weighted by atomic mass is 16.5. The zero-order chi connectivity index (χ0) is 14.2. The summed E-state index contributed by atoms with van der Waals surface area (Å²) in [5, 5.41) is 12.8. The maximum Gasteiger partial charge on any atom is 0.222 e. The molecule has 0 saturated carbocycles. The monoisotopic (exact) mass is 260 g/mol. The molecular formula is C13H28N2O3. The molecule has 0 bridgehead atoms. The van der Waals surface area contributed by atoms with Crippen LogP contribution in [-0.2, 0) is 9.53 Å². The van der Waals surface area contributed by atoms with Crippen molar-refractivity contribution in [3.05, 3.63) is 0 Å². The standard InChI is InChI=1S/C13H28N2O3/c1-5-18-11(8-14)6-12(16)15-9-13(4,17)7-10(2)3/h10-11,17H,5-9,14H2,1-4H3,(H,15,16). The maximum atomic E-state index is 11.7. The van der Waals surface area contributed by atoms with Gasteiger partial charge in [0.1, 0.15) is 0 Å². The van der Waals surface area contributed by atoms with E-state index in [4.69, 9.17) is 10.5 Å². The van der Waals surface area contributed by atoms with Gasteiger partial charge in [-0.2, -0.15) is 0 Å². The predicted octanol–water partition coefficient (Wildman–Crippen LogP) is 0.654. The average molecular weight is 260 g/mol. The lowest BCUT2D eigenvalue weighted by atomic mass is 9.94. The summed E-state index contributed by atoms with van der Waals surface area (Å²) in [4.78, 5) is 11.7. The number of carbonyl (C=O) groups excluding carboxylic acids is 1. The van der Waals surface area contributed by atoms with Gasteiger partial charge in [-0.3, -0.25) is 4.79 Å². The van der Waals surface area contributed by atoms with E-state index in [9.17, 15) is 9.90 Å². The molecule has 2 unspecified atom stereocenters. The van der Waals surface area contributed by atoms with Gasteiger partial charge in [0.05, 0.1) is 18.1 Å². The van der Waals surface area contributed by atoms with E-state index in [2.05, 4.69) is 5.32 Å². The first kappa shape index (κ1) is 17.4. The highest BCUT2D eigenvalue weighted by Gasteiger charge is 2.23. The van der Waals surface area contributed by atoms with Crippen LogP contribution in [0.3, 0.4) is 0 Å². The van der Waals surface area contributed by atoms with E-state index < -0.39 is 5.60 Å². The number of amides is 1. The van der Waals surface area contributed by atoms with Gasteiger partial charge in [-0.05, 0) is 26.2 Å². The van der Waals surface area contributed by atoms with Crippen LogP contribution in [0.2, 0.25) is 0 Å². The lowest BCUT2D eigenvalue weighted by Gasteiger charge is -2.26. The van der Waals surface area contributed by atoms with Gasteiger partial charge in [0.25, 0.3) is 0 Å². The summed E-state index contributed by atoms with van der Waals surface area (Å²) in [6, 6.07) is 0. The number of carbonyl (C=O) groups is 1. The normalized spacial score (nSPS) is 16.4. The van der Waals surface area contributed by atoms with Crippen molar-refractivity contribution in [2.24, 2.45) is 11.7 Å². The number of ether oxygens (including phenoxy) is 1. The second kappa shape index (κ2) is 8.45. The summed E-state index contributed by atoms with van der Waals surface area (Å²) in [7, 11) is 0. The minimum atomic E-state index is -0.867. The van der Waals surface area contributed by atoms with Crippen molar-refractivity contribution >= 4 is 5.91 Å². The van der Waals surface area contributed by atoms with Crippen LogP contribution in [0.5, 0.6) is 0 Å². The lowest BCUT2D eigenvalue weighted by Crippen LogP contribution is -2.43. The second-order valence-electron chi connectivity index (χ2n) is 5.39. The van der Waals surface area contributed by atoms with E-state index in [1.807, 2.05) is 20.8 Å². The van der Waals surface area contributed by atoms with Crippen LogP contribution < -0.4 is 11.1 Å². The van der Waals surface area contributed by atoms with Gasteiger partial charge in [0.15, 0.2) is 0 Å². The zero-order valence-electron chi connectivity index (χ0n) is 12.0.